The zero-order chi connectivity index (χ0) is 11.7. The van der Waals surface area contributed by atoms with Crippen LogP contribution in [0.4, 0.5) is 0 Å². The number of nitrogens with zero attached hydrogens (tertiary/aromatic N) is 1. The number of nitrogens with one attached hydrogen (secondary N) is 1. The maximum Gasteiger partial charge on any atom is 0.239 e. The van der Waals surface area contributed by atoms with Crippen molar-refractivity contribution in [1.82, 2.24) is 10.2 Å². The summed E-state index contributed by atoms with van der Waals surface area (Å²) in [4.78, 5) is 14.4. The van der Waals surface area contributed by atoms with E-state index in [-0.39, 0.29) is 6.04 Å². The molecule has 2 heterocycles. The van der Waals surface area contributed by atoms with E-state index in [9.17, 15) is 4.79 Å². The van der Waals surface area contributed by atoms with Crippen LogP contribution < -0.4 is 5.32 Å². The molecule has 1 spiro atoms. The van der Waals surface area contributed by atoms with Crippen molar-refractivity contribution in [1.29, 1.82) is 0 Å². The second kappa shape index (κ2) is 4.60. The molecule has 0 aromatic heterocycles. The molecule has 1 N–H and O–H groups in total. The van der Waals surface area contributed by atoms with Gasteiger partial charge in [0, 0.05) is 13.1 Å². The van der Waals surface area contributed by atoms with Gasteiger partial charge in [-0.1, -0.05) is 12.8 Å². The average molecular weight is 236 g/mol. The molecule has 0 aromatic carbocycles. The molecule has 17 heavy (non-hydrogen) atoms. The average Bonchev–Trinajstić information content (AvgIpc) is 3.01. The van der Waals surface area contributed by atoms with Crippen LogP contribution in [-0.4, -0.2) is 36.5 Å². The maximum atomic E-state index is 12.3. The van der Waals surface area contributed by atoms with Crippen LogP contribution in [0.25, 0.3) is 0 Å². The Bertz CT molecular complexity index is 281. The molecule has 1 aliphatic carbocycles. The highest BCUT2D eigenvalue weighted by Crippen LogP contribution is 2.46. The number of carbonyl (C=O) groups is 1. The Hall–Kier alpha value is -0.570. The summed E-state index contributed by atoms with van der Waals surface area (Å²) in [7, 11) is 0. The van der Waals surface area contributed by atoms with E-state index >= 15 is 0 Å². The van der Waals surface area contributed by atoms with Gasteiger partial charge in [-0.15, -0.1) is 0 Å². The maximum absolute atomic E-state index is 12.3. The number of rotatable bonds is 1. The molecule has 2 aliphatic heterocycles. The molecule has 1 atom stereocenters. The van der Waals surface area contributed by atoms with Gasteiger partial charge >= 0.3 is 0 Å². The van der Waals surface area contributed by atoms with Crippen LogP contribution in [0.5, 0.6) is 0 Å². The van der Waals surface area contributed by atoms with Crippen LogP contribution in [0.3, 0.4) is 0 Å². The van der Waals surface area contributed by atoms with Gasteiger partial charge in [-0.2, -0.15) is 0 Å². The van der Waals surface area contributed by atoms with Gasteiger partial charge < -0.3 is 10.2 Å². The summed E-state index contributed by atoms with van der Waals surface area (Å²) in [6, 6.07) is 0.132. The summed E-state index contributed by atoms with van der Waals surface area (Å²) in [5.74, 6) is 0.371. The van der Waals surface area contributed by atoms with Crippen LogP contribution in [0, 0.1) is 5.41 Å². The predicted molar refractivity (Wildman–Crippen MR) is 67.7 cm³/mol. The third kappa shape index (κ3) is 2.22. The Morgan fingerprint density at radius 2 is 1.76 bits per heavy atom. The molecule has 3 fully saturated rings. The highest BCUT2D eigenvalue weighted by Gasteiger charge is 2.39. The van der Waals surface area contributed by atoms with Crippen molar-refractivity contribution in [3.05, 3.63) is 0 Å². The van der Waals surface area contributed by atoms with Gasteiger partial charge in [0.25, 0.3) is 0 Å². The van der Waals surface area contributed by atoms with Crippen LogP contribution in [0.15, 0.2) is 0 Å². The van der Waals surface area contributed by atoms with E-state index in [2.05, 4.69) is 10.2 Å². The lowest BCUT2D eigenvalue weighted by molar-refractivity contribution is -0.135. The van der Waals surface area contributed by atoms with Gasteiger partial charge in [0.2, 0.25) is 5.91 Å². The zero-order valence-corrected chi connectivity index (χ0v) is 10.7. The van der Waals surface area contributed by atoms with Crippen LogP contribution in [-0.2, 0) is 4.79 Å². The number of hydrogen-bond donors (Lipinski definition) is 1. The largest absolute Gasteiger partial charge is 0.341 e. The first-order chi connectivity index (χ1) is 8.29. The lowest BCUT2D eigenvalue weighted by Crippen LogP contribution is -2.48. The monoisotopic (exact) mass is 236 g/mol. The van der Waals surface area contributed by atoms with Crippen LogP contribution in [0.1, 0.15) is 51.4 Å². The van der Waals surface area contributed by atoms with Crippen molar-refractivity contribution < 1.29 is 4.79 Å². The lowest BCUT2D eigenvalue weighted by atomic mass is 9.77. The van der Waals surface area contributed by atoms with Crippen LogP contribution >= 0.6 is 0 Å². The third-order valence-electron chi connectivity index (χ3n) is 5.16. The Balaban J connectivity index is 1.55. The number of likely N-dealkylation sites (tertiary alicyclic amines) is 1. The normalized spacial score (nSPS) is 32.2. The van der Waals surface area contributed by atoms with Crippen LogP contribution in [0.2, 0.25) is 0 Å². The van der Waals surface area contributed by atoms with E-state index in [1.165, 1.54) is 38.5 Å². The molecule has 0 radical (unpaired) electrons. The third-order valence-corrected chi connectivity index (χ3v) is 5.16. The van der Waals surface area contributed by atoms with E-state index in [1.54, 1.807) is 0 Å². The highest BCUT2D eigenvalue weighted by atomic mass is 16.2. The first-order valence-corrected chi connectivity index (χ1v) is 7.31. The summed E-state index contributed by atoms with van der Waals surface area (Å²) < 4.78 is 0. The molecule has 3 heteroatoms. The predicted octanol–water partition coefficient (Wildman–Crippen LogP) is 1.92. The molecule has 0 bridgehead atoms. The molecule has 3 aliphatic rings. The van der Waals surface area contributed by atoms with Gasteiger partial charge in [0.15, 0.2) is 0 Å². The Labute approximate surface area is 104 Å². The molecule has 1 amide bonds. The SMILES string of the molecule is O=C([C@H]1CCCN1)N1CCC2(CCCC2)CC1. The lowest BCUT2D eigenvalue weighted by Gasteiger charge is -2.40. The van der Waals surface area contributed by atoms with E-state index in [0.29, 0.717) is 11.3 Å². The number of piperidine rings is 1. The number of hydrogen-bond acceptors (Lipinski definition) is 2. The van der Waals surface area contributed by atoms with E-state index < -0.39 is 0 Å². The fourth-order valence-corrected chi connectivity index (χ4v) is 3.94. The fraction of sp³-hybridized carbons (Fsp3) is 0.929. The summed E-state index contributed by atoms with van der Waals surface area (Å²) in [6.45, 7) is 3.04. The molecular weight excluding hydrogens is 212 g/mol. The standard InChI is InChI=1S/C14H24N2O/c17-13(12-4-3-9-15-12)16-10-7-14(8-11-16)5-1-2-6-14/h12,15H,1-11H2/t12-/m1/s1. The second-order valence-electron chi connectivity index (χ2n) is 6.18. The quantitative estimate of drug-likeness (QED) is 0.754. The summed E-state index contributed by atoms with van der Waals surface area (Å²) in [5.41, 5.74) is 0.625. The number of amides is 1. The van der Waals surface area contributed by atoms with Crippen molar-refractivity contribution >= 4 is 5.91 Å². The molecule has 3 nitrogen and oxygen atoms in total. The van der Waals surface area contributed by atoms with Gasteiger partial charge in [0.05, 0.1) is 6.04 Å². The molecule has 2 saturated heterocycles. The summed E-state index contributed by atoms with van der Waals surface area (Å²) in [5, 5.41) is 3.32. The molecule has 1 saturated carbocycles. The van der Waals surface area contributed by atoms with Crippen molar-refractivity contribution in [2.75, 3.05) is 19.6 Å². The smallest absolute Gasteiger partial charge is 0.239 e. The highest BCUT2D eigenvalue weighted by molar-refractivity contribution is 5.82. The Morgan fingerprint density at radius 3 is 2.35 bits per heavy atom. The van der Waals surface area contributed by atoms with Gasteiger partial charge in [-0.05, 0) is 50.5 Å². The van der Waals surface area contributed by atoms with E-state index in [0.717, 1.165) is 32.5 Å². The zero-order valence-electron chi connectivity index (χ0n) is 10.7. The molecular formula is C14H24N2O. The van der Waals surface area contributed by atoms with Crippen molar-refractivity contribution in [2.24, 2.45) is 5.41 Å². The second-order valence-corrected chi connectivity index (χ2v) is 6.18. The fourth-order valence-electron chi connectivity index (χ4n) is 3.94. The molecule has 96 valence electrons. The molecule has 3 rings (SSSR count). The topological polar surface area (TPSA) is 32.3 Å². The van der Waals surface area contributed by atoms with Gasteiger partial charge in [0.1, 0.15) is 0 Å². The van der Waals surface area contributed by atoms with E-state index in [1.807, 2.05) is 0 Å². The van der Waals surface area contributed by atoms with Gasteiger partial charge in [-0.25, -0.2) is 0 Å². The van der Waals surface area contributed by atoms with Crippen molar-refractivity contribution in [3.8, 4) is 0 Å². The van der Waals surface area contributed by atoms with E-state index in [4.69, 9.17) is 0 Å². The Kier molecular flexibility index (Phi) is 3.12. The summed E-state index contributed by atoms with van der Waals surface area (Å²) >= 11 is 0. The summed E-state index contributed by atoms with van der Waals surface area (Å²) in [6.07, 6.45) is 10.4. The first kappa shape index (κ1) is 11.5. The molecule has 0 aromatic rings. The minimum Gasteiger partial charge on any atom is -0.341 e. The molecule has 0 unspecified atom stereocenters. The van der Waals surface area contributed by atoms with Gasteiger partial charge in [-0.3, -0.25) is 4.79 Å². The Morgan fingerprint density at radius 1 is 1.06 bits per heavy atom. The minimum absolute atomic E-state index is 0.132. The number of carbonyl (C=O) groups excluding carboxylic acids is 1. The van der Waals surface area contributed by atoms with Crippen molar-refractivity contribution in [2.45, 2.75) is 57.4 Å². The van der Waals surface area contributed by atoms with Crippen molar-refractivity contribution in [3.63, 3.8) is 0 Å². The minimum atomic E-state index is 0.132. The first-order valence-electron chi connectivity index (χ1n) is 7.31.